The number of hydrogen-bond acceptors (Lipinski definition) is 4. The molecule has 1 aliphatic rings. The second kappa shape index (κ2) is 8.19. The van der Waals surface area contributed by atoms with E-state index in [-0.39, 0.29) is 17.9 Å². The predicted octanol–water partition coefficient (Wildman–Crippen LogP) is 1.91. The summed E-state index contributed by atoms with van der Waals surface area (Å²) < 4.78 is 0. The molecule has 1 aromatic heterocycles. The van der Waals surface area contributed by atoms with Crippen molar-refractivity contribution in [2.75, 3.05) is 13.1 Å². The lowest BCUT2D eigenvalue weighted by atomic mass is 10.0. The summed E-state index contributed by atoms with van der Waals surface area (Å²) in [5.41, 5.74) is 1.35. The maximum Gasteiger partial charge on any atom is 0.274 e. The number of piperidine rings is 1. The van der Waals surface area contributed by atoms with Crippen molar-refractivity contribution in [1.29, 1.82) is 0 Å². The summed E-state index contributed by atoms with van der Waals surface area (Å²) in [6.45, 7) is 1.20. The molecule has 0 aliphatic carbocycles. The Balaban J connectivity index is 1.47. The van der Waals surface area contributed by atoms with Gasteiger partial charge in [-0.1, -0.05) is 30.3 Å². The van der Waals surface area contributed by atoms with Gasteiger partial charge in [0, 0.05) is 37.6 Å². The topological polar surface area (TPSA) is 75.2 Å². The fraction of sp³-hybridized carbons (Fsp3) is 0.263. The van der Waals surface area contributed by atoms with Gasteiger partial charge in [0.1, 0.15) is 5.69 Å². The Morgan fingerprint density at radius 2 is 1.88 bits per heavy atom. The van der Waals surface area contributed by atoms with Gasteiger partial charge in [-0.2, -0.15) is 0 Å². The van der Waals surface area contributed by atoms with Crippen LogP contribution in [0.1, 0.15) is 28.9 Å². The smallest absolute Gasteiger partial charge is 0.274 e. The minimum Gasteiger partial charge on any atom is -0.350 e. The average molecular weight is 336 g/mol. The molecule has 0 saturated carbocycles. The van der Waals surface area contributed by atoms with Gasteiger partial charge in [-0.3, -0.25) is 14.6 Å². The number of carbonyl (C=O) groups is 2. The van der Waals surface area contributed by atoms with Gasteiger partial charge in [0.05, 0.1) is 6.20 Å². The summed E-state index contributed by atoms with van der Waals surface area (Å²) >= 11 is 0. The number of likely N-dealkylation sites (tertiary alicyclic amines) is 1. The van der Waals surface area contributed by atoms with Crippen molar-refractivity contribution < 1.29 is 9.59 Å². The van der Waals surface area contributed by atoms with Crippen molar-refractivity contribution >= 4 is 17.9 Å². The van der Waals surface area contributed by atoms with Crippen LogP contribution in [0.15, 0.2) is 55.0 Å². The molecule has 0 radical (unpaired) electrons. The molecule has 128 valence electrons. The van der Waals surface area contributed by atoms with Crippen LogP contribution >= 0.6 is 0 Å². The lowest BCUT2D eigenvalue weighted by Gasteiger charge is -2.31. The van der Waals surface area contributed by atoms with Crippen LogP contribution in [0.3, 0.4) is 0 Å². The standard InChI is InChI=1S/C19H20N4O2/c24-18(7-6-15-4-2-1-3-5-15)22-16-8-12-23(13-9-16)19(25)17-14-20-10-11-21-17/h1-7,10-11,14,16H,8-9,12-13H2,(H,22,24)/b7-6+. The van der Waals surface area contributed by atoms with Gasteiger partial charge in [0.2, 0.25) is 5.91 Å². The molecule has 0 atom stereocenters. The third-order valence-electron chi connectivity index (χ3n) is 4.14. The Labute approximate surface area is 146 Å². The van der Waals surface area contributed by atoms with Gasteiger partial charge >= 0.3 is 0 Å². The number of rotatable bonds is 4. The first-order chi connectivity index (χ1) is 12.2. The molecule has 1 aliphatic heterocycles. The van der Waals surface area contributed by atoms with E-state index in [1.165, 1.54) is 12.4 Å². The van der Waals surface area contributed by atoms with E-state index < -0.39 is 0 Å². The van der Waals surface area contributed by atoms with Gasteiger partial charge in [-0.25, -0.2) is 4.98 Å². The van der Waals surface area contributed by atoms with Crippen molar-refractivity contribution in [3.63, 3.8) is 0 Å². The summed E-state index contributed by atoms with van der Waals surface area (Å²) in [6.07, 6.45) is 9.34. The lowest BCUT2D eigenvalue weighted by Crippen LogP contribution is -2.46. The Hall–Kier alpha value is -3.02. The molecule has 0 spiro atoms. The minimum absolute atomic E-state index is 0.0823. The van der Waals surface area contributed by atoms with Gasteiger partial charge in [-0.05, 0) is 24.5 Å². The van der Waals surface area contributed by atoms with Crippen LogP contribution in [0, 0.1) is 0 Å². The zero-order valence-corrected chi connectivity index (χ0v) is 13.8. The number of hydrogen-bond donors (Lipinski definition) is 1. The van der Waals surface area contributed by atoms with E-state index in [1.54, 1.807) is 23.2 Å². The zero-order chi connectivity index (χ0) is 17.5. The molecular weight excluding hydrogens is 316 g/mol. The Bertz CT molecular complexity index is 739. The van der Waals surface area contributed by atoms with Crippen LogP contribution in [0.2, 0.25) is 0 Å². The van der Waals surface area contributed by atoms with Gasteiger partial charge in [0.15, 0.2) is 0 Å². The molecule has 1 aromatic carbocycles. The van der Waals surface area contributed by atoms with Crippen molar-refractivity contribution in [2.45, 2.75) is 18.9 Å². The van der Waals surface area contributed by atoms with E-state index >= 15 is 0 Å². The number of nitrogens with zero attached hydrogens (tertiary/aromatic N) is 3. The van der Waals surface area contributed by atoms with Crippen LogP contribution in [0.25, 0.3) is 6.08 Å². The monoisotopic (exact) mass is 336 g/mol. The third-order valence-corrected chi connectivity index (χ3v) is 4.14. The molecule has 25 heavy (non-hydrogen) atoms. The normalized spacial score (nSPS) is 15.3. The minimum atomic E-state index is -0.109. The Morgan fingerprint density at radius 1 is 1.12 bits per heavy atom. The zero-order valence-electron chi connectivity index (χ0n) is 13.8. The molecule has 6 nitrogen and oxygen atoms in total. The summed E-state index contributed by atoms with van der Waals surface area (Å²) in [6, 6.07) is 9.77. The molecule has 0 bridgehead atoms. The molecule has 2 amide bonds. The second-order valence-electron chi connectivity index (χ2n) is 5.91. The van der Waals surface area contributed by atoms with E-state index in [4.69, 9.17) is 0 Å². The molecule has 1 fully saturated rings. The van der Waals surface area contributed by atoms with Crippen LogP contribution in [0.5, 0.6) is 0 Å². The fourth-order valence-electron chi connectivity index (χ4n) is 2.78. The maximum absolute atomic E-state index is 12.3. The van der Waals surface area contributed by atoms with E-state index in [0.29, 0.717) is 18.8 Å². The molecule has 3 rings (SSSR count). The largest absolute Gasteiger partial charge is 0.350 e. The molecule has 1 N–H and O–H groups in total. The average Bonchev–Trinajstić information content (AvgIpc) is 2.68. The predicted molar refractivity (Wildman–Crippen MR) is 94.6 cm³/mol. The first-order valence-electron chi connectivity index (χ1n) is 8.31. The summed E-state index contributed by atoms with van der Waals surface area (Å²) in [7, 11) is 0. The van der Waals surface area contributed by atoms with Crippen LogP contribution in [-0.2, 0) is 4.79 Å². The molecule has 0 unspecified atom stereocenters. The summed E-state index contributed by atoms with van der Waals surface area (Å²) in [4.78, 5) is 34.1. The summed E-state index contributed by atoms with van der Waals surface area (Å²) in [5, 5.41) is 3.00. The molecule has 6 heteroatoms. The van der Waals surface area contributed by atoms with E-state index in [1.807, 2.05) is 30.3 Å². The van der Waals surface area contributed by atoms with Crippen LogP contribution in [-0.4, -0.2) is 45.8 Å². The Kier molecular flexibility index (Phi) is 5.51. The molecule has 2 heterocycles. The van der Waals surface area contributed by atoms with Gasteiger partial charge in [0.25, 0.3) is 5.91 Å². The second-order valence-corrected chi connectivity index (χ2v) is 5.91. The van der Waals surface area contributed by atoms with E-state index in [0.717, 1.165) is 18.4 Å². The third kappa shape index (κ3) is 4.73. The number of aromatic nitrogens is 2. The van der Waals surface area contributed by atoms with Crippen LogP contribution < -0.4 is 5.32 Å². The lowest BCUT2D eigenvalue weighted by molar-refractivity contribution is -0.117. The number of amides is 2. The highest BCUT2D eigenvalue weighted by Crippen LogP contribution is 2.13. The van der Waals surface area contributed by atoms with Crippen molar-refractivity contribution in [3.05, 3.63) is 66.3 Å². The molecule has 2 aromatic rings. The quantitative estimate of drug-likeness (QED) is 0.866. The van der Waals surface area contributed by atoms with Gasteiger partial charge in [-0.15, -0.1) is 0 Å². The summed E-state index contributed by atoms with van der Waals surface area (Å²) in [5.74, 6) is -0.218. The first-order valence-corrected chi connectivity index (χ1v) is 8.31. The van der Waals surface area contributed by atoms with Crippen molar-refractivity contribution in [3.8, 4) is 0 Å². The van der Waals surface area contributed by atoms with E-state index in [9.17, 15) is 9.59 Å². The van der Waals surface area contributed by atoms with Crippen molar-refractivity contribution in [1.82, 2.24) is 20.2 Å². The van der Waals surface area contributed by atoms with Crippen molar-refractivity contribution in [2.24, 2.45) is 0 Å². The number of benzene rings is 1. The molecule has 1 saturated heterocycles. The first kappa shape index (κ1) is 16.8. The number of nitrogens with one attached hydrogen (secondary N) is 1. The van der Waals surface area contributed by atoms with Crippen LogP contribution in [0.4, 0.5) is 0 Å². The SMILES string of the molecule is O=C(/C=C/c1ccccc1)NC1CCN(C(=O)c2cnccn2)CC1. The maximum atomic E-state index is 12.3. The number of carbonyl (C=O) groups excluding carboxylic acids is 2. The fourth-order valence-corrected chi connectivity index (χ4v) is 2.78. The highest BCUT2D eigenvalue weighted by molar-refractivity contribution is 5.92. The van der Waals surface area contributed by atoms with E-state index in [2.05, 4.69) is 15.3 Å². The highest BCUT2D eigenvalue weighted by Gasteiger charge is 2.24. The molecular formula is C19H20N4O2. The highest BCUT2D eigenvalue weighted by atomic mass is 16.2. The Morgan fingerprint density at radius 3 is 2.56 bits per heavy atom. The van der Waals surface area contributed by atoms with Gasteiger partial charge < -0.3 is 10.2 Å².